The molecule has 3 N–H and O–H groups in total. The van der Waals surface area contributed by atoms with E-state index in [0.29, 0.717) is 25.9 Å². The van der Waals surface area contributed by atoms with Crippen molar-refractivity contribution in [3.05, 3.63) is 0 Å². The summed E-state index contributed by atoms with van der Waals surface area (Å²) >= 11 is 0. The van der Waals surface area contributed by atoms with Gasteiger partial charge >= 0.3 is 12.0 Å². The number of rotatable bonds is 4. The fourth-order valence-electron chi connectivity index (χ4n) is 3.25. The van der Waals surface area contributed by atoms with Crippen LogP contribution in [0.3, 0.4) is 0 Å². The van der Waals surface area contributed by atoms with Crippen molar-refractivity contribution >= 4 is 17.9 Å². The molecule has 0 aromatic heterocycles. The number of carboxylic acids is 1. The molecule has 118 valence electrons. The fourth-order valence-corrected chi connectivity index (χ4v) is 3.25. The van der Waals surface area contributed by atoms with Gasteiger partial charge in [0.05, 0.1) is 0 Å². The highest BCUT2D eigenvalue weighted by atomic mass is 16.4. The first-order valence-electron chi connectivity index (χ1n) is 7.55. The summed E-state index contributed by atoms with van der Waals surface area (Å²) in [6.07, 6.45) is 4.95. The molecule has 0 aromatic rings. The monoisotopic (exact) mass is 297 g/mol. The number of urea groups is 1. The lowest BCUT2D eigenvalue weighted by molar-refractivity contribution is -0.138. The summed E-state index contributed by atoms with van der Waals surface area (Å²) in [6, 6.07) is -0.185. The average molecular weight is 297 g/mol. The van der Waals surface area contributed by atoms with Crippen LogP contribution >= 0.6 is 0 Å². The Morgan fingerprint density at radius 3 is 2.14 bits per heavy atom. The molecule has 1 saturated heterocycles. The molecule has 0 spiro atoms. The number of carboxylic acid groups (broad SMARTS) is 1. The second-order valence-electron chi connectivity index (χ2n) is 5.91. The molecule has 0 atom stereocenters. The largest absolute Gasteiger partial charge is 0.480 e. The van der Waals surface area contributed by atoms with Crippen molar-refractivity contribution in [2.45, 2.75) is 44.6 Å². The van der Waals surface area contributed by atoms with Crippen LogP contribution in [0.25, 0.3) is 0 Å². The quantitative estimate of drug-likeness (QED) is 0.794. The first-order chi connectivity index (χ1) is 9.99. The van der Waals surface area contributed by atoms with Crippen molar-refractivity contribution < 1.29 is 19.5 Å². The number of hydrogen-bond acceptors (Lipinski definition) is 3. The SMILES string of the molecule is NC(=O)C1CCN(C(=O)N(CC(=O)O)C2CCCC2)CC1. The molecule has 0 radical (unpaired) electrons. The Morgan fingerprint density at radius 2 is 1.67 bits per heavy atom. The van der Waals surface area contributed by atoms with E-state index in [4.69, 9.17) is 10.8 Å². The molecule has 1 aliphatic carbocycles. The fraction of sp³-hybridized carbons (Fsp3) is 0.786. The molecule has 1 aliphatic heterocycles. The van der Waals surface area contributed by atoms with Gasteiger partial charge in [0.2, 0.25) is 5.91 Å². The third kappa shape index (κ3) is 3.86. The molecule has 7 nitrogen and oxygen atoms in total. The average Bonchev–Trinajstić information content (AvgIpc) is 2.98. The number of carbonyl (C=O) groups is 3. The van der Waals surface area contributed by atoms with Crippen LogP contribution in [0, 0.1) is 5.92 Å². The lowest BCUT2D eigenvalue weighted by Crippen LogP contribution is -2.52. The number of hydrogen-bond donors (Lipinski definition) is 2. The Kier molecular flexibility index (Phi) is 5.03. The van der Waals surface area contributed by atoms with Crippen molar-refractivity contribution in [2.24, 2.45) is 11.7 Å². The second kappa shape index (κ2) is 6.78. The molecule has 2 rings (SSSR count). The van der Waals surface area contributed by atoms with E-state index < -0.39 is 5.97 Å². The van der Waals surface area contributed by atoms with Crippen LogP contribution in [0.5, 0.6) is 0 Å². The lowest BCUT2D eigenvalue weighted by atomic mass is 9.96. The molecule has 21 heavy (non-hydrogen) atoms. The molecular weight excluding hydrogens is 274 g/mol. The van der Waals surface area contributed by atoms with E-state index in [0.717, 1.165) is 25.7 Å². The van der Waals surface area contributed by atoms with Crippen LogP contribution in [-0.2, 0) is 9.59 Å². The van der Waals surface area contributed by atoms with Gasteiger partial charge in [-0.25, -0.2) is 4.79 Å². The van der Waals surface area contributed by atoms with Crippen molar-refractivity contribution in [2.75, 3.05) is 19.6 Å². The summed E-state index contributed by atoms with van der Waals surface area (Å²) in [6.45, 7) is 0.684. The van der Waals surface area contributed by atoms with Crippen LogP contribution in [-0.4, -0.2) is 58.5 Å². The van der Waals surface area contributed by atoms with Crippen molar-refractivity contribution in [3.8, 4) is 0 Å². The number of piperidine rings is 1. The number of amides is 3. The molecular formula is C14H23N3O4. The van der Waals surface area contributed by atoms with Gasteiger partial charge in [-0.2, -0.15) is 0 Å². The van der Waals surface area contributed by atoms with Crippen LogP contribution in [0.15, 0.2) is 0 Å². The minimum absolute atomic E-state index is 0.0301. The Bertz CT molecular complexity index is 412. The maximum absolute atomic E-state index is 12.6. The van der Waals surface area contributed by atoms with Gasteiger partial charge in [-0.3, -0.25) is 9.59 Å². The minimum Gasteiger partial charge on any atom is -0.480 e. The van der Waals surface area contributed by atoms with E-state index in [1.807, 2.05) is 0 Å². The number of likely N-dealkylation sites (tertiary alicyclic amines) is 1. The summed E-state index contributed by atoms with van der Waals surface area (Å²) in [7, 11) is 0. The highest BCUT2D eigenvalue weighted by molar-refractivity contribution is 5.81. The van der Waals surface area contributed by atoms with Crippen LogP contribution in [0.4, 0.5) is 4.79 Å². The second-order valence-corrected chi connectivity index (χ2v) is 5.91. The van der Waals surface area contributed by atoms with Crippen LogP contribution in [0.1, 0.15) is 38.5 Å². The zero-order valence-corrected chi connectivity index (χ0v) is 12.2. The van der Waals surface area contributed by atoms with Gasteiger partial charge in [-0.1, -0.05) is 12.8 Å². The first-order valence-corrected chi connectivity index (χ1v) is 7.55. The van der Waals surface area contributed by atoms with E-state index >= 15 is 0 Å². The van der Waals surface area contributed by atoms with Crippen molar-refractivity contribution in [3.63, 3.8) is 0 Å². The number of nitrogens with zero attached hydrogens (tertiary/aromatic N) is 2. The first kappa shape index (κ1) is 15.6. The molecule has 2 fully saturated rings. The van der Waals surface area contributed by atoms with E-state index in [1.165, 1.54) is 4.90 Å². The number of primary amides is 1. The van der Waals surface area contributed by atoms with Crippen LogP contribution < -0.4 is 5.73 Å². The van der Waals surface area contributed by atoms with Gasteiger partial charge < -0.3 is 20.6 Å². The molecule has 7 heteroatoms. The molecule has 0 unspecified atom stereocenters. The number of nitrogens with two attached hydrogens (primary N) is 1. The Hall–Kier alpha value is -1.79. The topological polar surface area (TPSA) is 104 Å². The van der Waals surface area contributed by atoms with E-state index in [-0.39, 0.29) is 30.4 Å². The molecule has 0 bridgehead atoms. The summed E-state index contributed by atoms with van der Waals surface area (Å²) in [5.41, 5.74) is 5.28. The molecule has 0 aromatic carbocycles. The molecule has 1 saturated carbocycles. The third-order valence-electron chi connectivity index (χ3n) is 4.48. The van der Waals surface area contributed by atoms with Gasteiger partial charge in [0.25, 0.3) is 0 Å². The van der Waals surface area contributed by atoms with Gasteiger partial charge in [0, 0.05) is 25.0 Å². The third-order valence-corrected chi connectivity index (χ3v) is 4.48. The summed E-state index contributed by atoms with van der Waals surface area (Å²) in [4.78, 5) is 37.9. The predicted molar refractivity (Wildman–Crippen MR) is 75.5 cm³/mol. The van der Waals surface area contributed by atoms with E-state index in [2.05, 4.69) is 0 Å². The molecule has 3 amide bonds. The Labute approximate surface area is 124 Å². The van der Waals surface area contributed by atoms with Gasteiger partial charge in [-0.05, 0) is 25.7 Å². The molecule has 2 aliphatic rings. The summed E-state index contributed by atoms with van der Waals surface area (Å²) < 4.78 is 0. The summed E-state index contributed by atoms with van der Waals surface area (Å²) in [5.74, 6) is -1.48. The van der Waals surface area contributed by atoms with Crippen molar-refractivity contribution in [1.82, 2.24) is 9.80 Å². The van der Waals surface area contributed by atoms with Gasteiger partial charge in [-0.15, -0.1) is 0 Å². The maximum atomic E-state index is 12.6. The smallest absolute Gasteiger partial charge is 0.323 e. The number of carbonyl (C=O) groups excluding carboxylic acids is 2. The summed E-state index contributed by atoms with van der Waals surface area (Å²) in [5, 5.41) is 9.03. The number of aliphatic carboxylic acids is 1. The van der Waals surface area contributed by atoms with E-state index in [1.54, 1.807) is 4.90 Å². The van der Waals surface area contributed by atoms with Gasteiger partial charge in [0.15, 0.2) is 0 Å². The Balaban J connectivity index is 1.98. The highest BCUT2D eigenvalue weighted by Gasteiger charge is 2.33. The Morgan fingerprint density at radius 1 is 1.10 bits per heavy atom. The maximum Gasteiger partial charge on any atom is 0.323 e. The van der Waals surface area contributed by atoms with Gasteiger partial charge in [0.1, 0.15) is 6.54 Å². The van der Waals surface area contributed by atoms with Crippen LogP contribution in [0.2, 0.25) is 0 Å². The zero-order valence-electron chi connectivity index (χ0n) is 12.2. The zero-order chi connectivity index (χ0) is 15.4. The lowest BCUT2D eigenvalue weighted by Gasteiger charge is -2.36. The molecule has 1 heterocycles. The predicted octanol–water partition coefficient (Wildman–Crippen LogP) is 0.633. The van der Waals surface area contributed by atoms with Crippen molar-refractivity contribution in [1.29, 1.82) is 0 Å². The minimum atomic E-state index is -0.984. The highest BCUT2D eigenvalue weighted by Crippen LogP contribution is 2.26. The normalized spacial score (nSPS) is 20.5. The van der Waals surface area contributed by atoms with E-state index in [9.17, 15) is 14.4 Å². The standard InChI is InChI=1S/C14H23N3O4/c15-13(20)10-5-7-16(8-6-10)14(21)17(9-12(18)19)11-3-1-2-4-11/h10-11H,1-9H2,(H2,15,20)(H,18,19).